The van der Waals surface area contributed by atoms with Crippen LogP contribution in [0.25, 0.3) is 0 Å². The first-order valence-corrected chi connectivity index (χ1v) is 8.66. The Kier molecular flexibility index (Phi) is 4.50. The standard InChI is InChI=1S/C17H18F3N5O2/c18-17(19,20)13-3-5-24-15(26)10-14(23-6-8-27-9-7-23)22-16(24)25(13)12-2-1-4-21-11-12/h1-2,4,10-11,13H,3,5-9H2/t13-/m0/s1. The van der Waals surface area contributed by atoms with Crippen LogP contribution >= 0.6 is 0 Å². The van der Waals surface area contributed by atoms with Crippen LogP contribution in [0.2, 0.25) is 0 Å². The van der Waals surface area contributed by atoms with Crippen LogP contribution in [-0.4, -0.2) is 53.1 Å². The summed E-state index contributed by atoms with van der Waals surface area (Å²) in [6.45, 7) is 2.00. The zero-order chi connectivity index (χ0) is 19.0. The van der Waals surface area contributed by atoms with Gasteiger partial charge in [-0.2, -0.15) is 18.2 Å². The number of hydrogen-bond acceptors (Lipinski definition) is 6. The number of alkyl halides is 3. The molecule has 0 amide bonds. The molecular formula is C17H18F3N5O2. The van der Waals surface area contributed by atoms with Crippen LogP contribution in [0.5, 0.6) is 0 Å². The molecule has 0 radical (unpaired) electrons. The number of morpholine rings is 1. The zero-order valence-electron chi connectivity index (χ0n) is 14.4. The molecule has 7 nitrogen and oxygen atoms in total. The van der Waals surface area contributed by atoms with Gasteiger partial charge in [0.25, 0.3) is 5.56 Å². The van der Waals surface area contributed by atoms with Crippen LogP contribution in [0.15, 0.2) is 35.4 Å². The number of hydrogen-bond donors (Lipinski definition) is 0. The number of ether oxygens (including phenoxy) is 1. The minimum absolute atomic E-state index is 0.00873. The Morgan fingerprint density at radius 2 is 1.96 bits per heavy atom. The molecule has 0 unspecified atom stereocenters. The molecular weight excluding hydrogens is 363 g/mol. The summed E-state index contributed by atoms with van der Waals surface area (Å²) in [7, 11) is 0. The van der Waals surface area contributed by atoms with E-state index >= 15 is 0 Å². The van der Waals surface area contributed by atoms with Crippen LogP contribution in [0, 0.1) is 0 Å². The fraction of sp³-hybridized carbons (Fsp3) is 0.471. The Balaban J connectivity index is 1.85. The first-order valence-electron chi connectivity index (χ1n) is 8.66. The molecule has 0 saturated carbocycles. The van der Waals surface area contributed by atoms with Crippen LogP contribution in [0.1, 0.15) is 6.42 Å². The van der Waals surface area contributed by atoms with Crippen molar-refractivity contribution in [3.63, 3.8) is 0 Å². The highest BCUT2D eigenvalue weighted by atomic mass is 19.4. The molecule has 4 heterocycles. The molecule has 27 heavy (non-hydrogen) atoms. The van der Waals surface area contributed by atoms with E-state index in [9.17, 15) is 18.0 Å². The molecule has 1 saturated heterocycles. The minimum Gasteiger partial charge on any atom is -0.378 e. The van der Waals surface area contributed by atoms with Crippen molar-refractivity contribution in [2.24, 2.45) is 0 Å². The molecule has 2 aromatic heterocycles. The van der Waals surface area contributed by atoms with Crippen molar-refractivity contribution in [3.05, 3.63) is 40.9 Å². The lowest BCUT2D eigenvalue weighted by atomic mass is 10.1. The fourth-order valence-corrected chi connectivity index (χ4v) is 3.45. The molecule has 2 aromatic rings. The number of anilines is 3. The van der Waals surface area contributed by atoms with E-state index in [1.54, 1.807) is 6.07 Å². The van der Waals surface area contributed by atoms with Crippen molar-refractivity contribution in [3.8, 4) is 0 Å². The van der Waals surface area contributed by atoms with Gasteiger partial charge in [-0.25, -0.2) is 0 Å². The second kappa shape index (κ2) is 6.84. The predicted molar refractivity (Wildman–Crippen MR) is 92.4 cm³/mol. The third-order valence-electron chi connectivity index (χ3n) is 4.76. The summed E-state index contributed by atoms with van der Waals surface area (Å²) in [4.78, 5) is 23.9. The maximum absolute atomic E-state index is 13.7. The van der Waals surface area contributed by atoms with E-state index in [0.717, 1.165) is 4.90 Å². The summed E-state index contributed by atoms with van der Waals surface area (Å²) in [5, 5.41) is 0. The van der Waals surface area contributed by atoms with Gasteiger partial charge in [-0.1, -0.05) is 0 Å². The van der Waals surface area contributed by atoms with Crippen molar-refractivity contribution < 1.29 is 17.9 Å². The topological polar surface area (TPSA) is 63.5 Å². The van der Waals surface area contributed by atoms with Gasteiger partial charge in [0.2, 0.25) is 5.95 Å². The van der Waals surface area contributed by atoms with Crippen molar-refractivity contribution in [2.75, 3.05) is 36.1 Å². The van der Waals surface area contributed by atoms with Gasteiger partial charge in [-0.05, 0) is 18.6 Å². The van der Waals surface area contributed by atoms with E-state index in [-0.39, 0.29) is 30.2 Å². The lowest BCUT2D eigenvalue weighted by molar-refractivity contribution is -0.150. The maximum Gasteiger partial charge on any atom is 0.409 e. The first-order chi connectivity index (χ1) is 12.9. The Morgan fingerprint density at radius 1 is 1.19 bits per heavy atom. The van der Waals surface area contributed by atoms with Crippen LogP contribution in [0.3, 0.4) is 0 Å². The Hall–Kier alpha value is -2.62. The van der Waals surface area contributed by atoms with Gasteiger partial charge >= 0.3 is 6.18 Å². The minimum atomic E-state index is -4.46. The molecule has 0 aromatic carbocycles. The fourth-order valence-electron chi connectivity index (χ4n) is 3.45. The summed E-state index contributed by atoms with van der Waals surface area (Å²) < 4.78 is 47.8. The molecule has 1 fully saturated rings. The van der Waals surface area contributed by atoms with E-state index in [2.05, 4.69) is 9.97 Å². The number of nitrogens with zero attached hydrogens (tertiary/aromatic N) is 5. The summed E-state index contributed by atoms with van der Waals surface area (Å²) >= 11 is 0. The first kappa shape index (κ1) is 17.8. The van der Waals surface area contributed by atoms with Crippen LogP contribution in [0.4, 0.5) is 30.6 Å². The van der Waals surface area contributed by atoms with Gasteiger partial charge in [0, 0.05) is 31.9 Å². The smallest absolute Gasteiger partial charge is 0.378 e. The molecule has 0 N–H and O–H groups in total. The van der Waals surface area contributed by atoms with Crippen molar-refractivity contribution in [1.29, 1.82) is 0 Å². The summed E-state index contributed by atoms with van der Waals surface area (Å²) in [6.07, 6.45) is -1.86. The van der Waals surface area contributed by atoms with Crippen LogP contribution < -0.4 is 15.4 Å². The van der Waals surface area contributed by atoms with E-state index in [0.29, 0.717) is 32.1 Å². The number of pyridine rings is 1. The largest absolute Gasteiger partial charge is 0.409 e. The van der Waals surface area contributed by atoms with Crippen LogP contribution in [-0.2, 0) is 11.3 Å². The Labute approximate surface area is 153 Å². The SMILES string of the molecule is O=c1cc(N2CCOCC2)nc2n1CC[C@@H](C(F)(F)F)N2c1cccnc1. The average Bonchev–Trinajstić information content (AvgIpc) is 2.67. The van der Waals surface area contributed by atoms with Crippen molar-refractivity contribution in [2.45, 2.75) is 25.2 Å². The quantitative estimate of drug-likeness (QED) is 0.793. The molecule has 0 aliphatic carbocycles. The summed E-state index contributed by atoms with van der Waals surface area (Å²) in [6, 6.07) is 2.71. The second-order valence-electron chi connectivity index (χ2n) is 6.43. The van der Waals surface area contributed by atoms with Gasteiger partial charge in [-0.3, -0.25) is 19.2 Å². The van der Waals surface area contributed by atoms with E-state index in [1.807, 2.05) is 4.90 Å². The lowest BCUT2D eigenvalue weighted by Crippen LogP contribution is -2.50. The zero-order valence-corrected chi connectivity index (χ0v) is 14.4. The Bertz CT molecular complexity index is 865. The molecule has 0 bridgehead atoms. The van der Waals surface area contributed by atoms with E-state index < -0.39 is 12.2 Å². The average molecular weight is 381 g/mol. The second-order valence-corrected chi connectivity index (χ2v) is 6.43. The maximum atomic E-state index is 13.7. The predicted octanol–water partition coefficient (Wildman–Crippen LogP) is 1.95. The van der Waals surface area contributed by atoms with Crippen molar-refractivity contribution in [1.82, 2.24) is 14.5 Å². The number of aromatic nitrogens is 3. The lowest BCUT2D eigenvalue weighted by Gasteiger charge is -2.39. The molecule has 4 rings (SSSR count). The summed E-state index contributed by atoms with van der Waals surface area (Å²) in [5.41, 5.74) is -0.115. The van der Waals surface area contributed by atoms with Crippen molar-refractivity contribution >= 4 is 17.5 Å². The van der Waals surface area contributed by atoms with Gasteiger partial charge in [0.05, 0.1) is 25.1 Å². The molecule has 10 heteroatoms. The van der Waals surface area contributed by atoms with Gasteiger partial charge in [0.1, 0.15) is 11.9 Å². The molecule has 1 atom stereocenters. The van der Waals surface area contributed by atoms with E-state index in [1.165, 1.54) is 29.1 Å². The van der Waals surface area contributed by atoms with Gasteiger partial charge < -0.3 is 9.64 Å². The molecule has 2 aliphatic heterocycles. The molecule has 0 spiro atoms. The summed E-state index contributed by atoms with van der Waals surface area (Å²) in [5.74, 6) is 0.358. The molecule has 2 aliphatic rings. The number of fused-ring (bicyclic) bond motifs is 1. The molecule has 144 valence electrons. The number of halogens is 3. The van der Waals surface area contributed by atoms with Gasteiger partial charge in [-0.15, -0.1) is 0 Å². The highest BCUT2D eigenvalue weighted by Gasteiger charge is 2.47. The van der Waals surface area contributed by atoms with Gasteiger partial charge in [0.15, 0.2) is 0 Å². The van der Waals surface area contributed by atoms with E-state index in [4.69, 9.17) is 4.74 Å². The highest BCUT2D eigenvalue weighted by molar-refractivity contribution is 5.60. The Morgan fingerprint density at radius 3 is 2.63 bits per heavy atom. The third kappa shape index (κ3) is 3.36. The third-order valence-corrected chi connectivity index (χ3v) is 4.76. The normalized spacial score (nSPS) is 20.5. The highest BCUT2D eigenvalue weighted by Crippen LogP contribution is 2.38. The number of rotatable bonds is 2. The monoisotopic (exact) mass is 381 g/mol.